The van der Waals surface area contributed by atoms with Crippen LogP contribution in [-0.2, 0) is 15.6 Å². The number of carbonyl (C=O) groups excluding carboxylic acids is 1. The van der Waals surface area contributed by atoms with Crippen LogP contribution in [0.4, 0.5) is 10.5 Å². The molecule has 2 fully saturated rings. The number of likely N-dealkylation sites (tertiary alicyclic amines) is 1. The highest BCUT2D eigenvalue weighted by molar-refractivity contribution is 7.91. The molecule has 0 unspecified atom stereocenters. The number of carbonyl (C=O) groups is 1. The van der Waals surface area contributed by atoms with Crippen molar-refractivity contribution in [1.82, 2.24) is 10.2 Å². The van der Waals surface area contributed by atoms with Crippen molar-refractivity contribution in [3.05, 3.63) is 29.8 Å². The molecular formula is C20H31N3O3S. The molecule has 2 aliphatic rings. The van der Waals surface area contributed by atoms with Gasteiger partial charge in [-0.15, -0.1) is 0 Å². The van der Waals surface area contributed by atoms with Crippen LogP contribution in [-0.4, -0.2) is 50.3 Å². The van der Waals surface area contributed by atoms with Gasteiger partial charge in [-0.05, 0) is 63.1 Å². The lowest BCUT2D eigenvalue weighted by atomic mass is 10.0. The Kier molecular flexibility index (Phi) is 6.42. The number of nitrogens with one attached hydrogen (secondary N) is 2. The highest BCUT2D eigenvalue weighted by Gasteiger charge is 2.27. The summed E-state index contributed by atoms with van der Waals surface area (Å²) in [6.07, 6.45) is 4.70. The van der Waals surface area contributed by atoms with Gasteiger partial charge in [0, 0.05) is 31.4 Å². The number of hydrogen-bond acceptors (Lipinski definition) is 4. The smallest absolute Gasteiger partial charge is 0.319 e. The second kappa shape index (κ2) is 8.61. The van der Waals surface area contributed by atoms with Crippen molar-refractivity contribution >= 4 is 21.6 Å². The molecule has 1 saturated carbocycles. The quantitative estimate of drug-likeness (QED) is 0.746. The second-order valence-electron chi connectivity index (χ2n) is 8.17. The molecular weight excluding hydrogens is 362 g/mol. The molecule has 0 aromatic heterocycles. The first kappa shape index (κ1) is 20.1. The number of benzene rings is 1. The first-order chi connectivity index (χ1) is 12.8. The van der Waals surface area contributed by atoms with E-state index in [9.17, 15) is 13.2 Å². The first-order valence-corrected chi connectivity index (χ1v) is 11.6. The van der Waals surface area contributed by atoms with Crippen molar-refractivity contribution in [3.8, 4) is 0 Å². The minimum Gasteiger partial charge on any atom is -0.335 e. The maximum absolute atomic E-state index is 12.3. The van der Waals surface area contributed by atoms with Crippen molar-refractivity contribution in [1.29, 1.82) is 0 Å². The molecule has 1 aliphatic carbocycles. The van der Waals surface area contributed by atoms with Gasteiger partial charge in [0.05, 0.1) is 11.0 Å². The maximum Gasteiger partial charge on any atom is 0.319 e. The third kappa shape index (κ3) is 6.21. The van der Waals surface area contributed by atoms with Gasteiger partial charge in [0.1, 0.15) is 0 Å². The van der Waals surface area contributed by atoms with Crippen LogP contribution in [0.15, 0.2) is 24.3 Å². The van der Waals surface area contributed by atoms with E-state index in [2.05, 4.69) is 15.5 Å². The van der Waals surface area contributed by atoms with Gasteiger partial charge in [-0.2, -0.15) is 0 Å². The molecule has 6 nitrogen and oxygen atoms in total. The predicted molar refractivity (Wildman–Crippen MR) is 109 cm³/mol. The van der Waals surface area contributed by atoms with Crippen LogP contribution in [0.1, 0.15) is 45.1 Å². The molecule has 0 atom stereocenters. The fourth-order valence-corrected chi connectivity index (χ4v) is 4.39. The fraction of sp³-hybridized carbons (Fsp3) is 0.650. The number of piperidine rings is 1. The van der Waals surface area contributed by atoms with Crippen molar-refractivity contribution in [2.24, 2.45) is 5.92 Å². The highest BCUT2D eigenvalue weighted by atomic mass is 32.2. The molecule has 0 bridgehead atoms. The minimum absolute atomic E-state index is 0.0126. The van der Waals surface area contributed by atoms with Crippen LogP contribution in [0.5, 0.6) is 0 Å². The van der Waals surface area contributed by atoms with Crippen LogP contribution in [0.2, 0.25) is 0 Å². The summed E-state index contributed by atoms with van der Waals surface area (Å²) in [5.74, 6) is 0.894. The van der Waals surface area contributed by atoms with Crippen LogP contribution in [0, 0.1) is 5.92 Å². The summed E-state index contributed by atoms with van der Waals surface area (Å²) in [5.41, 5.74) is 1.31. The zero-order valence-corrected chi connectivity index (χ0v) is 17.1. The Bertz CT molecular complexity index is 751. The summed E-state index contributed by atoms with van der Waals surface area (Å²) in [7, 11) is -3.16. The lowest BCUT2D eigenvalue weighted by Gasteiger charge is -2.32. The second-order valence-corrected chi connectivity index (χ2v) is 10.7. The lowest BCUT2D eigenvalue weighted by Crippen LogP contribution is -2.46. The largest absolute Gasteiger partial charge is 0.335 e. The van der Waals surface area contributed by atoms with E-state index >= 15 is 0 Å². The van der Waals surface area contributed by atoms with Gasteiger partial charge in [0.25, 0.3) is 0 Å². The Balaban J connectivity index is 1.47. The zero-order valence-electron chi connectivity index (χ0n) is 16.3. The van der Waals surface area contributed by atoms with Gasteiger partial charge in [-0.3, -0.25) is 0 Å². The molecule has 1 saturated heterocycles. The Morgan fingerprint density at radius 2 is 1.89 bits per heavy atom. The van der Waals surface area contributed by atoms with Crippen LogP contribution in [0.25, 0.3) is 0 Å². The van der Waals surface area contributed by atoms with Gasteiger partial charge in [0.15, 0.2) is 9.84 Å². The number of rotatable bonds is 7. The number of urea groups is 1. The average Bonchev–Trinajstić information content (AvgIpc) is 3.40. The summed E-state index contributed by atoms with van der Waals surface area (Å²) < 4.78 is 24.2. The van der Waals surface area contributed by atoms with E-state index < -0.39 is 15.1 Å². The van der Waals surface area contributed by atoms with Gasteiger partial charge in [0.2, 0.25) is 0 Å². The zero-order chi connectivity index (χ0) is 19.4. The fourth-order valence-electron chi connectivity index (χ4n) is 3.42. The summed E-state index contributed by atoms with van der Waals surface area (Å²) in [6, 6.07) is 7.04. The number of amides is 2. The van der Waals surface area contributed by atoms with Gasteiger partial charge < -0.3 is 15.5 Å². The van der Waals surface area contributed by atoms with Gasteiger partial charge in [-0.1, -0.05) is 12.1 Å². The molecule has 0 radical (unpaired) electrons. The molecule has 27 heavy (non-hydrogen) atoms. The predicted octanol–water partition coefficient (Wildman–Crippen LogP) is 3.01. The highest BCUT2D eigenvalue weighted by Crippen LogP contribution is 2.30. The topological polar surface area (TPSA) is 78.5 Å². The van der Waals surface area contributed by atoms with Crippen LogP contribution >= 0.6 is 0 Å². The Labute approximate surface area is 162 Å². The number of anilines is 1. The van der Waals surface area contributed by atoms with Crippen LogP contribution < -0.4 is 10.6 Å². The van der Waals surface area contributed by atoms with Crippen molar-refractivity contribution in [2.45, 2.75) is 56.6 Å². The molecule has 1 aromatic rings. The average molecular weight is 394 g/mol. The SMILES string of the molecule is CC(C)S(=O)(=O)Cc1cccc(NC(=O)NC2CCN(CC3CC3)CC2)c1. The molecule has 1 heterocycles. The van der Waals surface area contributed by atoms with Crippen LogP contribution in [0.3, 0.4) is 0 Å². The maximum atomic E-state index is 12.3. The Morgan fingerprint density at radius 3 is 2.52 bits per heavy atom. The van der Waals surface area contributed by atoms with E-state index in [0.717, 1.165) is 31.8 Å². The molecule has 7 heteroatoms. The van der Waals surface area contributed by atoms with E-state index in [0.29, 0.717) is 11.3 Å². The van der Waals surface area contributed by atoms with Gasteiger partial charge >= 0.3 is 6.03 Å². The summed E-state index contributed by atoms with van der Waals surface area (Å²) >= 11 is 0. The van der Waals surface area contributed by atoms with E-state index in [1.165, 1.54) is 19.4 Å². The molecule has 2 N–H and O–H groups in total. The van der Waals surface area contributed by atoms with E-state index in [4.69, 9.17) is 0 Å². The monoisotopic (exact) mass is 393 g/mol. The number of nitrogens with zero attached hydrogens (tertiary/aromatic N) is 1. The van der Waals surface area contributed by atoms with Crippen molar-refractivity contribution in [2.75, 3.05) is 25.0 Å². The van der Waals surface area contributed by atoms with Crippen molar-refractivity contribution < 1.29 is 13.2 Å². The number of hydrogen-bond donors (Lipinski definition) is 2. The molecule has 150 valence electrons. The normalized spacial score (nSPS) is 19.2. The molecule has 3 rings (SSSR count). The standard InChI is InChI=1S/C20H31N3O3S/c1-15(2)27(25,26)14-17-4-3-5-19(12-17)22-20(24)21-18-8-10-23(11-9-18)13-16-6-7-16/h3-5,12,15-16,18H,6-11,13-14H2,1-2H3,(H2,21,22,24). The summed E-state index contributed by atoms with van der Waals surface area (Å²) in [4.78, 5) is 14.8. The molecule has 1 aromatic carbocycles. The molecule has 2 amide bonds. The third-order valence-electron chi connectivity index (χ3n) is 5.41. The first-order valence-electron chi connectivity index (χ1n) is 9.92. The lowest BCUT2D eigenvalue weighted by molar-refractivity contribution is 0.190. The summed E-state index contributed by atoms with van der Waals surface area (Å²) in [6.45, 7) is 6.67. The minimum atomic E-state index is -3.16. The summed E-state index contributed by atoms with van der Waals surface area (Å²) in [5, 5.41) is 5.47. The Hall–Kier alpha value is -1.60. The third-order valence-corrected chi connectivity index (χ3v) is 7.58. The van der Waals surface area contributed by atoms with Crippen molar-refractivity contribution in [3.63, 3.8) is 0 Å². The van der Waals surface area contributed by atoms with E-state index in [1.54, 1.807) is 38.1 Å². The molecule has 1 aliphatic heterocycles. The molecule has 0 spiro atoms. The van der Waals surface area contributed by atoms with Gasteiger partial charge in [-0.25, -0.2) is 13.2 Å². The van der Waals surface area contributed by atoms with E-state index in [1.807, 2.05) is 0 Å². The Morgan fingerprint density at radius 1 is 1.19 bits per heavy atom. The van der Waals surface area contributed by atoms with E-state index in [-0.39, 0.29) is 17.8 Å². The number of sulfone groups is 1.